The van der Waals surface area contributed by atoms with Crippen molar-refractivity contribution in [1.29, 1.82) is 0 Å². The number of aromatic nitrogens is 3. The Bertz CT molecular complexity index is 729. The first-order chi connectivity index (χ1) is 9.20. The lowest BCUT2D eigenvalue weighted by molar-refractivity contribution is 0.892. The standard InChI is InChI=1S/C15H16N4/c1-3-12-14(11-7-5-4-6-8-11)15-17-10(2)9-13(16)19(15)18-12/h4-9H,3,16H2,1-2H3. The van der Waals surface area contributed by atoms with E-state index in [1.54, 1.807) is 4.52 Å². The molecule has 0 saturated heterocycles. The number of nitrogens with two attached hydrogens (primary N) is 1. The topological polar surface area (TPSA) is 56.2 Å². The molecule has 0 spiro atoms. The molecule has 0 saturated carbocycles. The van der Waals surface area contributed by atoms with E-state index in [4.69, 9.17) is 5.73 Å². The van der Waals surface area contributed by atoms with Crippen LogP contribution in [0.5, 0.6) is 0 Å². The van der Waals surface area contributed by atoms with Gasteiger partial charge in [0.15, 0.2) is 5.65 Å². The van der Waals surface area contributed by atoms with E-state index in [0.717, 1.165) is 34.6 Å². The molecule has 96 valence electrons. The predicted molar refractivity (Wildman–Crippen MR) is 77.0 cm³/mol. The number of benzene rings is 1. The SMILES string of the molecule is CCc1nn2c(N)cc(C)nc2c1-c1ccccc1. The molecule has 0 atom stereocenters. The van der Waals surface area contributed by atoms with Crippen LogP contribution in [0.1, 0.15) is 18.3 Å². The van der Waals surface area contributed by atoms with E-state index in [0.29, 0.717) is 5.82 Å². The Morgan fingerprint density at radius 3 is 2.63 bits per heavy atom. The molecule has 2 heterocycles. The largest absolute Gasteiger partial charge is 0.384 e. The highest BCUT2D eigenvalue weighted by molar-refractivity contribution is 5.80. The number of hydrogen-bond acceptors (Lipinski definition) is 3. The Labute approximate surface area is 111 Å². The number of hydrogen-bond donors (Lipinski definition) is 1. The monoisotopic (exact) mass is 252 g/mol. The zero-order valence-corrected chi connectivity index (χ0v) is 11.1. The molecule has 3 rings (SSSR count). The van der Waals surface area contributed by atoms with E-state index in [9.17, 15) is 0 Å². The summed E-state index contributed by atoms with van der Waals surface area (Å²) in [4.78, 5) is 4.60. The average molecular weight is 252 g/mol. The number of fused-ring (bicyclic) bond motifs is 1. The van der Waals surface area contributed by atoms with Crippen LogP contribution in [-0.2, 0) is 6.42 Å². The van der Waals surface area contributed by atoms with Crippen LogP contribution in [0.3, 0.4) is 0 Å². The molecular formula is C15H16N4. The van der Waals surface area contributed by atoms with Gasteiger partial charge in [-0.15, -0.1) is 0 Å². The van der Waals surface area contributed by atoms with Gasteiger partial charge in [-0.25, -0.2) is 4.98 Å². The molecule has 4 nitrogen and oxygen atoms in total. The summed E-state index contributed by atoms with van der Waals surface area (Å²) in [6.07, 6.45) is 0.853. The first kappa shape index (κ1) is 11.7. The molecule has 0 aliphatic heterocycles. The number of aryl methyl sites for hydroxylation is 2. The van der Waals surface area contributed by atoms with Gasteiger partial charge in [0.2, 0.25) is 0 Å². The van der Waals surface area contributed by atoms with E-state index in [1.807, 2.05) is 31.2 Å². The van der Waals surface area contributed by atoms with E-state index in [-0.39, 0.29) is 0 Å². The summed E-state index contributed by atoms with van der Waals surface area (Å²) in [6.45, 7) is 4.04. The van der Waals surface area contributed by atoms with Gasteiger partial charge in [0.25, 0.3) is 0 Å². The lowest BCUT2D eigenvalue weighted by Crippen LogP contribution is -2.01. The number of rotatable bonds is 2. The molecule has 4 heteroatoms. The van der Waals surface area contributed by atoms with Crippen LogP contribution in [0.15, 0.2) is 36.4 Å². The highest BCUT2D eigenvalue weighted by Crippen LogP contribution is 2.29. The zero-order valence-electron chi connectivity index (χ0n) is 11.1. The lowest BCUT2D eigenvalue weighted by Gasteiger charge is -2.03. The van der Waals surface area contributed by atoms with E-state index in [1.165, 1.54) is 0 Å². The minimum absolute atomic E-state index is 0.624. The van der Waals surface area contributed by atoms with Gasteiger partial charge in [-0.1, -0.05) is 37.3 Å². The average Bonchev–Trinajstić information content (AvgIpc) is 2.78. The Morgan fingerprint density at radius 1 is 1.21 bits per heavy atom. The maximum atomic E-state index is 6.03. The van der Waals surface area contributed by atoms with Gasteiger partial charge in [0.05, 0.1) is 5.69 Å². The minimum atomic E-state index is 0.624. The van der Waals surface area contributed by atoms with Crippen molar-refractivity contribution in [1.82, 2.24) is 14.6 Å². The quantitative estimate of drug-likeness (QED) is 0.763. The third-order valence-electron chi connectivity index (χ3n) is 3.21. The van der Waals surface area contributed by atoms with E-state index < -0.39 is 0 Å². The summed E-state index contributed by atoms with van der Waals surface area (Å²) < 4.78 is 1.73. The molecule has 2 N–H and O–H groups in total. The van der Waals surface area contributed by atoms with Crippen LogP contribution in [0, 0.1) is 6.92 Å². The molecule has 0 aliphatic rings. The van der Waals surface area contributed by atoms with Crippen molar-refractivity contribution in [3.63, 3.8) is 0 Å². The third kappa shape index (κ3) is 1.85. The Kier molecular flexibility index (Phi) is 2.71. The van der Waals surface area contributed by atoms with Crippen LogP contribution in [0.4, 0.5) is 5.82 Å². The van der Waals surface area contributed by atoms with Crippen LogP contribution in [-0.4, -0.2) is 14.6 Å². The molecule has 2 aromatic heterocycles. The van der Waals surface area contributed by atoms with Gasteiger partial charge >= 0.3 is 0 Å². The Balaban J connectivity index is 2.39. The van der Waals surface area contributed by atoms with Gasteiger partial charge in [0, 0.05) is 17.3 Å². The molecule has 1 aromatic carbocycles. The first-order valence-corrected chi connectivity index (χ1v) is 6.41. The van der Waals surface area contributed by atoms with Gasteiger partial charge in [0.1, 0.15) is 5.82 Å². The van der Waals surface area contributed by atoms with Crippen LogP contribution >= 0.6 is 0 Å². The predicted octanol–water partition coefficient (Wildman–Crippen LogP) is 2.85. The summed E-state index contributed by atoms with van der Waals surface area (Å²) in [5, 5.41) is 4.58. The summed E-state index contributed by atoms with van der Waals surface area (Å²) in [5.41, 5.74) is 11.0. The second kappa shape index (κ2) is 4.39. The van der Waals surface area contributed by atoms with Gasteiger partial charge in [-0.3, -0.25) is 0 Å². The zero-order chi connectivity index (χ0) is 13.4. The van der Waals surface area contributed by atoms with Crippen molar-refractivity contribution >= 4 is 11.5 Å². The highest BCUT2D eigenvalue weighted by atomic mass is 15.3. The summed E-state index contributed by atoms with van der Waals surface area (Å²) in [7, 11) is 0. The third-order valence-corrected chi connectivity index (χ3v) is 3.21. The second-order valence-corrected chi connectivity index (χ2v) is 4.60. The van der Waals surface area contributed by atoms with E-state index >= 15 is 0 Å². The highest BCUT2D eigenvalue weighted by Gasteiger charge is 2.16. The van der Waals surface area contributed by atoms with Crippen LogP contribution < -0.4 is 5.73 Å². The molecule has 3 aromatic rings. The van der Waals surface area contributed by atoms with Crippen molar-refractivity contribution in [2.45, 2.75) is 20.3 Å². The van der Waals surface area contributed by atoms with Crippen molar-refractivity contribution in [2.75, 3.05) is 5.73 Å². The molecule has 0 aliphatic carbocycles. The van der Waals surface area contributed by atoms with Gasteiger partial charge in [-0.2, -0.15) is 9.61 Å². The van der Waals surface area contributed by atoms with Crippen molar-refractivity contribution in [3.8, 4) is 11.1 Å². The number of nitrogen functional groups attached to an aromatic ring is 1. The van der Waals surface area contributed by atoms with Crippen molar-refractivity contribution < 1.29 is 0 Å². The summed E-state index contributed by atoms with van der Waals surface area (Å²) in [6, 6.07) is 12.1. The van der Waals surface area contributed by atoms with Crippen molar-refractivity contribution in [2.24, 2.45) is 0 Å². The van der Waals surface area contributed by atoms with Gasteiger partial charge < -0.3 is 5.73 Å². The summed E-state index contributed by atoms with van der Waals surface area (Å²) >= 11 is 0. The Morgan fingerprint density at radius 2 is 1.95 bits per heavy atom. The van der Waals surface area contributed by atoms with Gasteiger partial charge in [-0.05, 0) is 18.9 Å². The van der Waals surface area contributed by atoms with E-state index in [2.05, 4.69) is 29.1 Å². The molecule has 0 fully saturated rings. The van der Waals surface area contributed by atoms with Crippen LogP contribution in [0.2, 0.25) is 0 Å². The molecular weight excluding hydrogens is 236 g/mol. The minimum Gasteiger partial charge on any atom is -0.384 e. The number of nitrogens with zero attached hydrogens (tertiary/aromatic N) is 3. The fraction of sp³-hybridized carbons (Fsp3) is 0.200. The Hall–Kier alpha value is -2.36. The van der Waals surface area contributed by atoms with Crippen molar-refractivity contribution in [3.05, 3.63) is 47.8 Å². The fourth-order valence-electron chi connectivity index (χ4n) is 2.36. The molecule has 0 radical (unpaired) electrons. The van der Waals surface area contributed by atoms with Crippen LogP contribution in [0.25, 0.3) is 16.8 Å². The molecule has 0 unspecified atom stereocenters. The maximum Gasteiger partial charge on any atom is 0.165 e. The number of anilines is 1. The lowest BCUT2D eigenvalue weighted by atomic mass is 10.0. The fourth-order valence-corrected chi connectivity index (χ4v) is 2.36. The molecule has 0 bridgehead atoms. The first-order valence-electron chi connectivity index (χ1n) is 6.41. The molecule has 19 heavy (non-hydrogen) atoms. The smallest absolute Gasteiger partial charge is 0.165 e. The second-order valence-electron chi connectivity index (χ2n) is 4.60. The maximum absolute atomic E-state index is 6.03. The molecule has 0 amide bonds. The summed E-state index contributed by atoms with van der Waals surface area (Å²) in [5.74, 6) is 0.624. The normalized spacial score (nSPS) is 11.1.